The molecule has 24 heavy (non-hydrogen) atoms. The maximum absolute atomic E-state index is 6.34. The number of nitrogens with one attached hydrogen (secondary N) is 1. The first-order chi connectivity index (χ1) is 11.8. The maximum Gasteiger partial charge on any atom is 0.150 e. The Morgan fingerprint density at radius 2 is 2.04 bits per heavy atom. The number of aromatic nitrogens is 1. The lowest BCUT2D eigenvalue weighted by Crippen LogP contribution is -2.44. The quantitative estimate of drug-likeness (QED) is 0.842. The van der Waals surface area contributed by atoms with Crippen molar-refractivity contribution >= 4 is 11.5 Å². The number of anilines is 2. The van der Waals surface area contributed by atoms with Crippen LogP contribution in [-0.2, 0) is 13.0 Å². The van der Waals surface area contributed by atoms with Crippen molar-refractivity contribution in [3.05, 3.63) is 53.7 Å². The molecule has 0 bridgehead atoms. The van der Waals surface area contributed by atoms with Gasteiger partial charge in [-0.15, -0.1) is 0 Å². The Kier molecular flexibility index (Phi) is 5.70. The Bertz CT molecular complexity index is 641. The van der Waals surface area contributed by atoms with Crippen LogP contribution >= 0.6 is 0 Å². The second-order valence-electron chi connectivity index (χ2n) is 6.59. The highest BCUT2D eigenvalue weighted by Crippen LogP contribution is 2.26. The minimum atomic E-state index is 0.297. The topological polar surface area (TPSA) is 54.2 Å². The highest BCUT2D eigenvalue weighted by atomic mass is 15.3. The van der Waals surface area contributed by atoms with Crippen LogP contribution in [0.4, 0.5) is 11.5 Å². The normalized spacial score (nSPS) is 18.5. The van der Waals surface area contributed by atoms with Gasteiger partial charge in [-0.1, -0.05) is 43.7 Å². The van der Waals surface area contributed by atoms with E-state index in [1.807, 2.05) is 12.3 Å². The van der Waals surface area contributed by atoms with Crippen molar-refractivity contribution in [3.63, 3.8) is 0 Å². The summed E-state index contributed by atoms with van der Waals surface area (Å²) in [4.78, 5) is 7.00. The minimum absolute atomic E-state index is 0.297. The van der Waals surface area contributed by atoms with E-state index in [1.165, 1.54) is 24.0 Å². The van der Waals surface area contributed by atoms with Gasteiger partial charge in [-0.25, -0.2) is 4.98 Å². The number of aryl methyl sites for hydroxylation is 1. The number of benzene rings is 1. The second kappa shape index (κ2) is 8.15. The van der Waals surface area contributed by atoms with E-state index in [4.69, 9.17) is 5.73 Å². The van der Waals surface area contributed by atoms with Crippen molar-refractivity contribution in [3.8, 4) is 0 Å². The lowest BCUT2D eigenvalue weighted by atomic mass is 10.1. The Morgan fingerprint density at radius 3 is 2.83 bits per heavy atom. The van der Waals surface area contributed by atoms with Crippen molar-refractivity contribution in [2.24, 2.45) is 0 Å². The summed E-state index contributed by atoms with van der Waals surface area (Å²) in [6.07, 6.45) is 7.89. The van der Waals surface area contributed by atoms with Gasteiger partial charge in [-0.3, -0.25) is 4.90 Å². The predicted octanol–water partition coefficient (Wildman–Crippen LogP) is 4.04. The first-order valence-electron chi connectivity index (χ1n) is 9.05. The predicted molar refractivity (Wildman–Crippen MR) is 101 cm³/mol. The van der Waals surface area contributed by atoms with Gasteiger partial charge < -0.3 is 11.1 Å². The number of nitrogens with two attached hydrogens (primary N) is 1. The van der Waals surface area contributed by atoms with Crippen molar-refractivity contribution in [1.29, 1.82) is 0 Å². The van der Waals surface area contributed by atoms with E-state index in [-0.39, 0.29) is 0 Å². The number of nitrogens with zero attached hydrogens (tertiary/aromatic N) is 2. The Morgan fingerprint density at radius 1 is 1.21 bits per heavy atom. The van der Waals surface area contributed by atoms with E-state index in [9.17, 15) is 0 Å². The third-order valence-corrected chi connectivity index (χ3v) is 4.75. The fraction of sp³-hybridized carbons (Fsp3) is 0.450. The van der Waals surface area contributed by atoms with Crippen molar-refractivity contribution in [1.82, 2.24) is 9.88 Å². The third kappa shape index (κ3) is 4.06. The van der Waals surface area contributed by atoms with Crippen LogP contribution in [-0.4, -0.2) is 22.6 Å². The molecule has 1 fully saturated rings. The summed E-state index contributed by atoms with van der Waals surface area (Å²) in [5, 5.41) is 3.61. The number of hydrogen-bond donors (Lipinski definition) is 2. The molecule has 0 spiro atoms. The van der Waals surface area contributed by atoms with Gasteiger partial charge in [0.15, 0.2) is 5.82 Å². The molecule has 1 aliphatic heterocycles. The summed E-state index contributed by atoms with van der Waals surface area (Å²) in [5.74, 6) is 0.839. The number of pyridine rings is 1. The fourth-order valence-electron chi connectivity index (χ4n) is 3.43. The van der Waals surface area contributed by atoms with Crippen LogP contribution in [0.2, 0.25) is 0 Å². The summed E-state index contributed by atoms with van der Waals surface area (Å²) in [6, 6.07) is 12.7. The molecule has 4 nitrogen and oxygen atoms in total. The van der Waals surface area contributed by atoms with E-state index < -0.39 is 0 Å². The highest BCUT2D eigenvalue weighted by molar-refractivity contribution is 5.65. The van der Waals surface area contributed by atoms with Crippen molar-refractivity contribution < 1.29 is 0 Å². The van der Waals surface area contributed by atoms with E-state index in [1.54, 1.807) is 0 Å². The third-order valence-electron chi connectivity index (χ3n) is 4.75. The van der Waals surface area contributed by atoms with E-state index >= 15 is 0 Å². The molecular weight excluding hydrogens is 296 g/mol. The molecule has 1 unspecified atom stereocenters. The minimum Gasteiger partial charge on any atom is -0.396 e. The summed E-state index contributed by atoms with van der Waals surface area (Å²) < 4.78 is 0. The van der Waals surface area contributed by atoms with E-state index in [2.05, 4.69) is 52.5 Å². The molecule has 3 N–H and O–H groups in total. The smallest absolute Gasteiger partial charge is 0.150 e. The Balaban J connectivity index is 1.73. The van der Waals surface area contributed by atoms with Gasteiger partial charge >= 0.3 is 0 Å². The molecule has 1 aromatic carbocycles. The molecular formula is C20H28N4. The lowest BCUT2D eigenvalue weighted by Gasteiger charge is -2.36. The average Bonchev–Trinajstić information content (AvgIpc) is 2.61. The molecule has 0 radical (unpaired) electrons. The van der Waals surface area contributed by atoms with Crippen LogP contribution in [0, 0.1) is 0 Å². The van der Waals surface area contributed by atoms with Crippen LogP contribution in [0.1, 0.15) is 43.7 Å². The van der Waals surface area contributed by atoms with Gasteiger partial charge in [0.25, 0.3) is 0 Å². The van der Waals surface area contributed by atoms with Crippen molar-refractivity contribution in [2.75, 3.05) is 17.6 Å². The number of nitrogen functional groups attached to an aromatic ring is 1. The van der Waals surface area contributed by atoms with Crippen LogP contribution in [0.15, 0.2) is 42.6 Å². The number of rotatable bonds is 6. The van der Waals surface area contributed by atoms with E-state index in [0.717, 1.165) is 43.9 Å². The lowest BCUT2D eigenvalue weighted by molar-refractivity contribution is 0.158. The van der Waals surface area contributed by atoms with Gasteiger partial charge in [0.05, 0.1) is 11.9 Å². The van der Waals surface area contributed by atoms with Crippen LogP contribution in [0.5, 0.6) is 0 Å². The molecule has 1 atom stereocenters. The van der Waals surface area contributed by atoms with Gasteiger partial charge in [0, 0.05) is 19.3 Å². The van der Waals surface area contributed by atoms with Gasteiger partial charge in [-0.05, 0) is 42.9 Å². The van der Waals surface area contributed by atoms with Crippen LogP contribution < -0.4 is 11.1 Å². The Hall–Kier alpha value is -2.07. The summed E-state index contributed by atoms with van der Waals surface area (Å²) in [6.45, 7) is 4.25. The molecule has 0 saturated carbocycles. The molecule has 1 aliphatic rings. The zero-order valence-electron chi connectivity index (χ0n) is 14.5. The molecule has 3 rings (SSSR count). The molecule has 2 heterocycles. The number of hydrogen-bond acceptors (Lipinski definition) is 4. The van der Waals surface area contributed by atoms with Gasteiger partial charge in [0.1, 0.15) is 0 Å². The SMILES string of the molecule is CCCc1ccnc(NC2CCCCN2Cc2ccccc2)c1N. The molecule has 0 aliphatic carbocycles. The van der Waals surface area contributed by atoms with Crippen LogP contribution in [0.3, 0.4) is 0 Å². The van der Waals surface area contributed by atoms with E-state index in [0.29, 0.717) is 6.17 Å². The molecule has 4 heteroatoms. The van der Waals surface area contributed by atoms with Gasteiger partial charge in [-0.2, -0.15) is 0 Å². The summed E-state index contributed by atoms with van der Waals surface area (Å²) in [5.41, 5.74) is 9.70. The largest absolute Gasteiger partial charge is 0.396 e. The van der Waals surface area contributed by atoms with Gasteiger partial charge in [0.2, 0.25) is 0 Å². The zero-order valence-corrected chi connectivity index (χ0v) is 14.5. The zero-order chi connectivity index (χ0) is 16.8. The molecule has 2 aromatic rings. The monoisotopic (exact) mass is 324 g/mol. The molecule has 1 saturated heterocycles. The number of piperidine rings is 1. The molecule has 1 aromatic heterocycles. The summed E-state index contributed by atoms with van der Waals surface area (Å²) in [7, 11) is 0. The molecule has 0 amide bonds. The maximum atomic E-state index is 6.34. The Labute approximate surface area is 145 Å². The number of likely N-dealkylation sites (tertiary alicyclic amines) is 1. The molecule has 128 valence electrons. The average molecular weight is 324 g/mol. The standard InChI is InChI=1S/C20H28N4/c1-2-8-17-12-13-22-20(19(17)21)23-18-11-6-7-14-24(18)15-16-9-4-3-5-10-16/h3-5,9-10,12-13,18H,2,6-8,11,14-15,21H2,1H3,(H,22,23). The first-order valence-corrected chi connectivity index (χ1v) is 9.05. The van der Waals surface area contributed by atoms with Crippen molar-refractivity contribution in [2.45, 2.75) is 51.7 Å². The first kappa shape index (κ1) is 16.8. The second-order valence-corrected chi connectivity index (χ2v) is 6.59. The highest BCUT2D eigenvalue weighted by Gasteiger charge is 2.23. The van der Waals surface area contributed by atoms with Crippen LogP contribution in [0.25, 0.3) is 0 Å². The fourth-order valence-corrected chi connectivity index (χ4v) is 3.43. The summed E-state index contributed by atoms with van der Waals surface area (Å²) >= 11 is 0.